The molecule has 2 aromatic rings. The lowest BCUT2D eigenvalue weighted by Crippen LogP contribution is -2.42. The van der Waals surface area contributed by atoms with Crippen molar-refractivity contribution < 1.29 is 19.2 Å². The van der Waals surface area contributed by atoms with Gasteiger partial charge in [0.05, 0.1) is 18.4 Å². The van der Waals surface area contributed by atoms with E-state index in [4.69, 9.17) is 12.2 Å². The number of hydrogen-bond donors (Lipinski definition) is 5. The van der Waals surface area contributed by atoms with E-state index in [1.54, 1.807) is 5.37 Å². The molecule has 6 atom stereocenters. The fourth-order valence-corrected chi connectivity index (χ4v) is 8.39. The SMILES string of the molecule is C=PCC(C(=O)NCCCC(C=S)c1ncc(C(=O)NC2CCC(NC(=O)c3cnc(C4CCCN4C(=O)C(P=C)N(C)C)[nH]3)C2)[nH]1)C(C)C. The van der Waals surface area contributed by atoms with Crippen molar-refractivity contribution in [2.45, 2.75) is 88.6 Å². The summed E-state index contributed by atoms with van der Waals surface area (Å²) >= 11 is 5.27. The van der Waals surface area contributed by atoms with Crippen molar-refractivity contribution >= 4 is 70.2 Å². The first-order chi connectivity index (χ1) is 24.0. The molecule has 5 N–H and O–H groups in total. The van der Waals surface area contributed by atoms with Gasteiger partial charge in [-0.1, -0.05) is 46.9 Å². The first kappa shape index (κ1) is 39.5. The highest BCUT2D eigenvalue weighted by atomic mass is 32.1. The number of rotatable bonds is 18. The van der Waals surface area contributed by atoms with E-state index in [1.807, 2.05) is 37.7 Å². The van der Waals surface area contributed by atoms with E-state index in [0.717, 1.165) is 54.7 Å². The Morgan fingerprint density at radius 3 is 2.32 bits per heavy atom. The summed E-state index contributed by atoms with van der Waals surface area (Å²) in [4.78, 5) is 70.8. The molecule has 1 aliphatic heterocycles. The summed E-state index contributed by atoms with van der Waals surface area (Å²) in [5.74, 6) is 0.490. The van der Waals surface area contributed by atoms with Gasteiger partial charge in [0.15, 0.2) is 0 Å². The fourth-order valence-electron chi connectivity index (χ4n) is 6.63. The molecule has 13 nitrogen and oxygen atoms in total. The molecule has 4 rings (SSSR count). The van der Waals surface area contributed by atoms with Crippen LogP contribution in [-0.4, -0.2) is 123 Å². The van der Waals surface area contributed by atoms with E-state index in [1.165, 1.54) is 12.4 Å². The Labute approximate surface area is 303 Å². The van der Waals surface area contributed by atoms with Crippen LogP contribution in [0.15, 0.2) is 12.4 Å². The van der Waals surface area contributed by atoms with Crippen LogP contribution in [0.2, 0.25) is 0 Å². The second-order valence-electron chi connectivity index (χ2n) is 13.7. The van der Waals surface area contributed by atoms with Crippen LogP contribution in [0, 0.1) is 11.8 Å². The van der Waals surface area contributed by atoms with Crippen molar-refractivity contribution in [1.82, 2.24) is 45.7 Å². The van der Waals surface area contributed by atoms with Crippen molar-refractivity contribution in [3.63, 3.8) is 0 Å². The van der Waals surface area contributed by atoms with Gasteiger partial charge in [-0.05, 0) is 70.3 Å². The Bertz CT molecular complexity index is 1530. The minimum absolute atomic E-state index is 0.0123. The smallest absolute Gasteiger partial charge is 0.269 e. The monoisotopic (exact) mass is 743 g/mol. The van der Waals surface area contributed by atoms with E-state index in [9.17, 15) is 19.2 Å². The lowest BCUT2D eigenvalue weighted by atomic mass is 9.97. The third-order valence-electron chi connectivity index (χ3n) is 9.49. The number of carbonyl (C=O) groups is 4. The summed E-state index contributed by atoms with van der Waals surface area (Å²) in [5.41, 5.74) is 0.700. The number of amides is 4. The molecule has 272 valence electrons. The van der Waals surface area contributed by atoms with E-state index < -0.39 is 0 Å². The lowest BCUT2D eigenvalue weighted by molar-refractivity contribution is -0.134. The molecule has 1 saturated heterocycles. The number of likely N-dealkylation sites (N-methyl/N-ethyl adjacent to an activating group) is 1. The van der Waals surface area contributed by atoms with Gasteiger partial charge in [-0.25, -0.2) is 9.97 Å². The van der Waals surface area contributed by atoms with Gasteiger partial charge in [0, 0.05) is 43.2 Å². The van der Waals surface area contributed by atoms with Gasteiger partial charge < -0.3 is 30.8 Å². The van der Waals surface area contributed by atoms with E-state index in [-0.39, 0.29) is 65.3 Å². The summed E-state index contributed by atoms with van der Waals surface area (Å²) in [6.45, 7) is 5.28. The van der Waals surface area contributed by atoms with Crippen LogP contribution in [0.4, 0.5) is 0 Å². The lowest BCUT2D eigenvalue weighted by Gasteiger charge is -2.29. The van der Waals surface area contributed by atoms with Crippen LogP contribution in [0.25, 0.3) is 0 Å². The number of thiocarbonyl (C=S) groups is 1. The van der Waals surface area contributed by atoms with Gasteiger partial charge >= 0.3 is 0 Å². The van der Waals surface area contributed by atoms with Gasteiger partial charge in [-0.15, -0.1) is 8.20 Å². The fraction of sp³-hybridized carbons (Fsp3) is 0.618. The zero-order valence-electron chi connectivity index (χ0n) is 29.5. The zero-order valence-corrected chi connectivity index (χ0v) is 32.1. The molecule has 0 bridgehead atoms. The largest absolute Gasteiger partial charge is 0.356 e. The number of aromatic amines is 2. The second kappa shape index (κ2) is 18.8. The van der Waals surface area contributed by atoms with E-state index in [0.29, 0.717) is 49.0 Å². The number of imidazole rings is 2. The number of aromatic nitrogens is 4. The first-order valence-corrected chi connectivity index (χ1v) is 20.2. The minimum Gasteiger partial charge on any atom is -0.356 e. The Morgan fingerprint density at radius 1 is 1.06 bits per heavy atom. The maximum Gasteiger partial charge on any atom is 0.269 e. The third kappa shape index (κ3) is 10.1. The standard InChI is InChI=1S/C34H51N9O4P2S/c1-20(2)24(18-48-5)30(44)35-13-7-9-21(19-50)28-36-16-25(40-28)31(45)38-22-11-12-23(15-22)39-32(46)26-17-37-29(41-26)27-10-8-14-43(27)33(47)34(49-6)42(3)4/h16-17,19-24,27,34H,5-15,18H2,1-4H3,(H,35,44)(H,36,40)(H,37,41)(H,38,45)(H,39,46). The zero-order chi connectivity index (χ0) is 36.4. The molecule has 3 heterocycles. The Balaban J connectivity index is 1.23. The van der Waals surface area contributed by atoms with E-state index in [2.05, 4.69) is 48.5 Å². The number of nitrogens with one attached hydrogen (secondary N) is 5. The molecule has 1 aliphatic carbocycles. The Kier molecular flexibility index (Phi) is 14.8. The van der Waals surface area contributed by atoms with Gasteiger partial charge in [-0.2, -0.15) is 0 Å². The maximum atomic E-state index is 13.2. The van der Waals surface area contributed by atoms with Crippen molar-refractivity contribution in [1.29, 1.82) is 0 Å². The molecule has 50 heavy (non-hydrogen) atoms. The van der Waals surface area contributed by atoms with Crippen molar-refractivity contribution in [3.05, 3.63) is 35.4 Å². The maximum absolute atomic E-state index is 13.2. The van der Waals surface area contributed by atoms with Crippen LogP contribution in [0.3, 0.4) is 0 Å². The molecule has 2 aromatic heterocycles. The Hall–Kier alpha value is -3.31. The van der Waals surface area contributed by atoms with Crippen LogP contribution in [0.1, 0.15) is 103 Å². The molecule has 0 aromatic carbocycles. The number of carbonyl (C=O) groups excluding carboxylic acids is 4. The van der Waals surface area contributed by atoms with Crippen molar-refractivity contribution in [3.8, 4) is 0 Å². The molecule has 0 radical (unpaired) electrons. The molecule has 6 unspecified atom stereocenters. The summed E-state index contributed by atoms with van der Waals surface area (Å²) in [7, 11) is 5.43. The molecular formula is C34H51N9O4P2S. The molecule has 0 spiro atoms. The van der Waals surface area contributed by atoms with Crippen LogP contribution < -0.4 is 16.0 Å². The van der Waals surface area contributed by atoms with Gasteiger partial charge in [0.1, 0.15) is 28.8 Å². The summed E-state index contributed by atoms with van der Waals surface area (Å²) in [5, 5.41) is 10.8. The number of H-pyrrole nitrogens is 2. The summed E-state index contributed by atoms with van der Waals surface area (Å²) in [6, 6.07) is -0.415. The third-order valence-corrected chi connectivity index (χ3v) is 11.5. The van der Waals surface area contributed by atoms with Crippen LogP contribution in [0.5, 0.6) is 0 Å². The highest BCUT2D eigenvalue weighted by Gasteiger charge is 2.36. The summed E-state index contributed by atoms with van der Waals surface area (Å²) in [6.07, 6.45) is 16.7. The van der Waals surface area contributed by atoms with E-state index >= 15 is 0 Å². The predicted octanol–water partition coefficient (Wildman–Crippen LogP) is 3.77. The summed E-state index contributed by atoms with van der Waals surface area (Å²) < 4.78 is 0. The average molecular weight is 744 g/mol. The molecule has 4 amide bonds. The molecule has 1 saturated carbocycles. The Morgan fingerprint density at radius 2 is 1.72 bits per heavy atom. The van der Waals surface area contributed by atoms with Gasteiger partial charge in [0.2, 0.25) is 11.8 Å². The highest BCUT2D eigenvalue weighted by Crippen LogP contribution is 2.32. The van der Waals surface area contributed by atoms with Crippen molar-refractivity contribution in [2.24, 2.45) is 11.8 Å². The van der Waals surface area contributed by atoms with Crippen molar-refractivity contribution in [2.75, 3.05) is 33.3 Å². The number of hydrogen-bond acceptors (Lipinski definition) is 8. The number of nitrogens with zero attached hydrogens (tertiary/aromatic N) is 4. The second-order valence-corrected chi connectivity index (χ2v) is 15.6. The molecular weight excluding hydrogens is 692 g/mol. The topological polar surface area (TPSA) is 168 Å². The van der Waals surface area contributed by atoms with Gasteiger partial charge in [-0.3, -0.25) is 24.1 Å². The van der Waals surface area contributed by atoms with Crippen LogP contribution in [-0.2, 0) is 9.59 Å². The molecule has 2 aliphatic rings. The van der Waals surface area contributed by atoms with Crippen LogP contribution >= 0.6 is 28.6 Å². The highest BCUT2D eigenvalue weighted by molar-refractivity contribution is 7.79. The quantitative estimate of drug-likeness (QED) is 0.0874. The minimum atomic E-state index is -0.329. The molecule has 2 fully saturated rings. The number of likely N-dealkylation sites (tertiary alicyclic amines) is 1. The molecule has 16 heteroatoms. The average Bonchev–Trinajstić information content (AvgIpc) is 3.91. The first-order valence-electron chi connectivity index (χ1n) is 17.3. The van der Waals surface area contributed by atoms with Gasteiger partial charge in [0.25, 0.3) is 11.8 Å². The predicted molar refractivity (Wildman–Crippen MR) is 205 cm³/mol. The normalized spacial score (nSPS) is 21.0.